The van der Waals surface area contributed by atoms with E-state index in [1.807, 2.05) is 37.3 Å². The van der Waals surface area contributed by atoms with E-state index in [0.29, 0.717) is 12.0 Å². The SMILES string of the molecule is Cc1ccccc1CC(=O)Nc1ccc2ocnc2c1. The molecule has 0 atom stereocenters. The fourth-order valence-electron chi connectivity index (χ4n) is 2.12. The van der Waals surface area contributed by atoms with E-state index >= 15 is 0 Å². The molecular weight excluding hydrogens is 252 g/mol. The molecule has 3 rings (SSSR count). The molecule has 0 aliphatic carbocycles. The van der Waals surface area contributed by atoms with Gasteiger partial charge in [0.05, 0.1) is 6.42 Å². The van der Waals surface area contributed by atoms with Gasteiger partial charge in [-0.05, 0) is 36.2 Å². The topological polar surface area (TPSA) is 55.1 Å². The van der Waals surface area contributed by atoms with Gasteiger partial charge in [-0.1, -0.05) is 24.3 Å². The summed E-state index contributed by atoms with van der Waals surface area (Å²) in [6, 6.07) is 13.3. The van der Waals surface area contributed by atoms with Crippen LogP contribution in [-0.2, 0) is 11.2 Å². The molecule has 0 saturated carbocycles. The maximum atomic E-state index is 12.1. The average Bonchev–Trinajstić information content (AvgIpc) is 2.89. The summed E-state index contributed by atoms with van der Waals surface area (Å²) in [5.74, 6) is -0.0397. The van der Waals surface area contributed by atoms with Gasteiger partial charge in [-0.3, -0.25) is 4.79 Å². The Bertz CT molecular complexity index is 762. The van der Waals surface area contributed by atoms with Crippen molar-refractivity contribution in [3.8, 4) is 0 Å². The highest BCUT2D eigenvalue weighted by Crippen LogP contribution is 2.18. The van der Waals surface area contributed by atoms with E-state index < -0.39 is 0 Å². The number of aryl methyl sites for hydroxylation is 1. The summed E-state index contributed by atoms with van der Waals surface area (Å²) in [6.07, 6.45) is 1.76. The summed E-state index contributed by atoms with van der Waals surface area (Å²) in [4.78, 5) is 16.1. The maximum Gasteiger partial charge on any atom is 0.228 e. The monoisotopic (exact) mass is 266 g/mol. The number of nitrogens with one attached hydrogen (secondary N) is 1. The second kappa shape index (κ2) is 5.17. The van der Waals surface area contributed by atoms with Crippen molar-refractivity contribution >= 4 is 22.7 Å². The first-order valence-corrected chi connectivity index (χ1v) is 6.40. The Morgan fingerprint density at radius 1 is 1.25 bits per heavy atom. The summed E-state index contributed by atoms with van der Waals surface area (Å²) in [5.41, 5.74) is 4.33. The number of oxazole rings is 1. The number of amides is 1. The van der Waals surface area contributed by atoms with Crippen molar-refractivity contribution in [1.82, 2.24) is 4.98 Å². The highest BCUT2D eigenvalue weighted by molar-refractivity contribution is 5.94. The van der Waals surface area contributed by atoms with Crippen LogP contribution in [0.25, 0.3) is 11.1 Å². The van der Waals surface area contributed by atoms with E-state index in [4.69, 9.17) is 4.42 Å². The van der Waals surface area contributed by atoms with Gasteiger partial charge in [-0.15, -0.1) is 0 Å². The first-order chi connectivity index (χ1) is 9.72. The molecule has 0 fully saturated rings. The van der Waals surface area contributed by atoms with Crippen LogP contribution in [-0.4, -0.2) is 10.9 Å². The van der Waals surface area contributed by atoms with Crippen molar-refractivity contribution < 1.29 is 9.21 Å². The Labute approximate surface area is 116 Å². The Kier molecular flexibility index (Phi) is 3.21. The molecule has 0 bridgehead atoms. The molecule has 4 heteroatoms. The van der Waals surface area contributed by atoms with Gasteiger partial charge in [-0.2, -0.15) is 0 Å². The molecule has 3 aromatic rings. The fraction of sp³-hybridized carbons (Fsp3) is 0.125. The molecule has 0 spiro atoms. The number of carbonyl (C=O) groups excluding carboxylic acids is 1. The van der Waals surface area contributed by atoms with Crippen LogP contribution < -0.4 is 5.32 Å². The van der Waals surface area contributed by atoms with E-state index in [0.717, 1.165) is 22.3 Å². The fourth-order valence-corrected chi connectivity index (χ4v) is 2.12. The molecule has 1 N–H and O–H groups in total. The third-order valence-corrected chi connectivity index (χ3v) is 3.23. The van der Waals surface area contributed by atoms with Crippen LogP contribution in [0.1, 0.15) is 11.1 Å². The van der Waals surface area contributed by atoms with Crippen molar-refractivity contribution in [3.05, 3.63) is 60.0 Å². The quantitative estimate of drug-likeness (QED) is 0.791. The lowest BCUT2D eigenvalue weighted by molar-refractivity contribution is -0.115. The molecule has 0 saturated heterocycles. The number of anilines is 1. The van der Waals surface area contributed by atoms with E-state index in [1.54, 1.807) is 12.1 Å². The van der Waals surface area contributed by atoms with Crippen molar-refractivity contribution in [1.29, 1.82) is 0 Å². The molecule has 1 amide bonds. The van der Waals surface area contributed by atoms with Crippen LogP contribution in [0, 0.1) is 6.92 Å². The summed E-state index contributed by atoms with van der Waals surface area (Å²) in [7, 11) is 0. The van der Waals surface area contributed by atoms with E-state index in [-0.39, 0.29) is 5.91 Å². The molecule has 1 heterocycles. The number of rotatable bonds is 3. The Morgan fingerprint density at radius 3 is 2.95 bits per heavy atom. The summed E-state index contributed by atoms with van der Waals surface area (Å²) in [5, 5.41) is 2.88. The second-order valence-corrected chi connectivity index (χ2v) is 4.69. The van der Waals surface area contributed by atoms with E-state index in [2.05, 4.69) is 10.3 Å². The van der Waals surface area contributed by atoms with Crippen molar-refractivity contribution in [2.75, 3.05) is 5.32 Å². The zero-order chi connectivity index (χ0) is 13.9. The molecule has 0 aliphatic heterocycles. The highest BCUT2D eigenvalue weighted by atomic mass is 16.3. The third-order valence-electron chi connectivity index (χ3n) is 3.23. The van der Waals surface area contributed by atoms with Gasteiger partial charge in [0, 0.05) is 5.69 Å². The van der Waals surface area contributed by atoms with Gasteiger partial charge >= 0.3 is 0 Å². The molecular formula is C16H14N2O2. The lowest BCUT2D eigenvalue weighted by Gasteiger charge is -2.07. The van der Waals surface area contributed by atoms with Gasteiger partial charge in [0.1, 0.15) is 5.52 Å². The van der Waals surface area contributed by atoms with Crippen molar-refractivity contribution in [2.45, 2.75) is 13.3 Å². The number of fused-ring (bicyclic) bond motifs is 1. The lowest BCUT2D eigenvalue weighted by atomic mass is 10.1. The number of benzene rings is 2. The average molecular weight is 266 g/mol. The third kappa shape index (κ3) is 2.54. The highest BCUT2D eigenvalue weighted by Gasteiger charge is 2.07. The Morgan fingerprint density at radius 2 is 2.10 bits per heavy atom. The molecule has 1 aromatic heterocycles. The van der Waals surface area contributed by atoms with Crippen LogP contribution in [0.3, 0.4) is 0 Å². The molecule has 100 valence electrons. The zero-order valence-electron chi connectivity index (χ0n) is 11.1. The van der Waals surface area contributed by atoms with Gasteiger partial charge in [-0.25, -0.2) is 4.98 Å². The van der Waals surface area contributed by atoms with Crippen molar-refractivity contribution in [2.24, 2.45) is 0 Å². The first-order valence-electron chi connectivity index (χ1n) is 6.40. The van der Waals surface area contributed by atoms with Crippen molar-refractivity contribution in [3.63, 3.8) is 0 Å². The zero-order valence-corrected chi connectivity index (χ0v) is 11.1. The molecule has 0 radical (unpaired) electrons. The smallest absolute Gasteiger partial charge is 0.228 e. The van der Waals surface area contributed by atoms with Gasteiger partial charge in [0.15, 0.2) is 12.0 Å². The van der Waals surface area contributed by atoms with Gasteiger partial charge in [0.2, 0.25) is 5.91 Å². The summed E-state index contributed by atoms with van der Waals surface area (Å²) < 4.78 is 5.17. The second-order valence-electron chi connectivity index (χ2n) is 4.69. The van der Waals surface area contributed by atoms with E-state index in [1.165, 1.54) is 6.39 Å². The standard InChI is InChI=1S/C16H14N2O2/c1-11-4-2-3-5-12(11)8-16(19)18-13-6-7-15-14(9-13)17-10-20-15/h2-7,9-10H,8H2,1H3,(H,18,19). The number of aromatic nitrogens is 1. The lowest BCUT2D eigenvalue weighted by Crippen LogP contribution is -2.14. The molecule has 20 heavy (non-hydrogen) atoms. The Balaban J connectivity index is 1.74. The van der Waals surface area contributed by atoms with Crippen LogP contribution >= 0.6 is 0 Å². The van der Waals surface area contributed by atoms with E-state index in [9.17, 15) is 4.79 Å². The molecule has 2 aromatic carbocycles. The minimum Gasteiger partial charge on any atom is -0.443 e. The Hall–Kier alpha value is -2.62. The minimum atomic E-state index is -0.0397. The summed E-state index contributed by atoms with van der Waals surface area (Å²) >= 11 is 0. The number of nitrogens with zero attached hydrogens (tertiary/aromatic N) is 1. The first kappa shape index (κ1) is 12.4. The number of hydrogen-bond acceptors (Lipinski definition) is 3. The maximum absolute atomic E-state index is 12.1. The summed E-state index contributed by atoms with van der Waals surface area (Å²) in [6.45, 7) is 2.00. The number of hydrogen-bond donors (Lipinski definition) is 1. The number of carbonyl (C=O) groups is 1. The largest absolute Gasteiger partial charge is 0.443 e. The molecule has 4 nitrogen and oxygen atoms in total. The van der Waals surface area contributed by atoms with Crippen LogP contribution in [0.15, 0.2) is 53.3 Å². The van der Waals surface area contributed by atoms with Gasteiger partial charge in [0.25, 0.3) is 0 Å². The van der Waals surface area contributed by atoms with Crippen LogP contribution in [0.2, 0.25) is 0 Å². The molecule has 0 unspecified atom stereocenters. The predicted molar refractivity (Wildman–Crippen MR) is 77.5 cm³/mol. The van der Waals surface area contributed by atoms with Gasteiger partial charge < -0.3 is 9.73 Å². The minimum absolute atomic E-state index is 0.0397. The van der Waals surface area contributed by atoms with Crippen LogP contribution in [0.4, 0.5) is 5.69 Å². The predicted octanol–water partition coefficient (Wildman–Crippen LogP) is 3.32. The van der Waals surface area contributed by atoms with Crippen LogP contribution in [0.5, 0.6) is 0 Å². The normalized spacial score (nSPS) is 10.7. The molecule has 0 aliphatic rings.